The number of nitrogens with zero attached hydrogens (tertiary/aromatic N) is 1. The van der Waals surface area contributed by atoms with Gasteiger partial charge in [0, 0.05) is 0 Å². The molecule has 0 aromatic heterocycles. The zero-order valence-electron chi connectivity index (χ0n) is 8.22. The van der Waals surface area contributed by atoms with Crippen molar-refractivity contribution in [2.75, 3.05) is 6.61 Å². The number of carbonyl (C=O) groups is 1. The number of hydrogen-bond acceptors (Lipinski definition) is 3. The van der Waals surface area contributed by atoms with Gasteiger partial charge in [0.25, 0.3) is 0 Å². The predicted octanol–water partition coefficient (Wildman–Crippen LogP) is 1.13. The summed E-state index contributed by atoms with van der Waals surface area (Å²) in [6, 6.07) is 9.37. The first-order chi connectivity index (χ1) is 7.24. The van der Waals surface area contributed by atoms with E-state index >= 15 is 0 Å². The minimum absolute atomic E-state index is 0.0681. The summed E-state index contributed by atoms with van der Waals surface area (Å²) in [6.45, 7) is 0.228. The summed E-state index contributed by atoms with van der Waals surface area (Å²) in [7, 11) is 0. The number of ether oxygens (including phenoxy) is 1. The van der Waals surface area contributed by atoms with Crippen molar-refractivity contribution in [2.45, 2.75) is 6.54 Å². The number of benzene rings is 1. The molecule has 0 spiro atoms. The van der Waals surface area contributed by atoms with Gasteiger partial charge in [-0.1, -0.05) is 36.3 Å². The number of hydrogen-bond donors (Lipinski definition) is 1. The quantitative estimate of drug-likeness (QED) is 0.347. The van der Waals surface area contributed by atoms with Gasteiger partial charge in [0.2, 0.25) is 0 Å². The standard InChI is InChI=1S/C11H12N2O2/c1-2-8-15-11(14)13(12)9-10-6-4-3-5-7-10/h1,3-7H,8-9,12H2. The highest BCUT2D eigenvalue weighted by molar-refractivity contribution is 5.67. The minimum Gasteiger partial charge on any atom is -0.435 e. The Morgan fingerprint density at radius 1 is 1.47 bits per heavy atom. The van der Waals surface area contributed by atoms with Crippen LogP contribution in [0.25, 0.3) is 0 Å². The van der Waals surface area contributed by atoms with E-state index in [4.69, 9.17) is 12.3 Å². The number of carbonyl (C=O) groups excluding carboxylic acids is 1. The lowest BCUT2D eigenvalue weighted by atomic mass is 10.2. The second-order valence-corrected chi connectivity index (χ2v) is 2.87. The molecule has 0 aliphatic heterocycles. The van der Waals surface area contributed by atoms with E-state index in [0.717, 1.165) is 10.6 Å². The van der Waals surface area contributed by atoms with Crippen LogP contribution < -0.4 is 5.84 Å². The Labute approximate surface area is 88.6 Å². The van der Waals surface area contributed by atoms with E-state index in [-0.39, 0.29) is 6.61 Å². The molecule has 2 N–H and O–H groups in total. The van der Waals surface area contributed by atoms with Crippen LogP contribution in [0.1, 0.15) is 5.56 Å². The third kappa shape index (κ3) is 3.71. The summed E-state index contributed by atoms with van der Waals surface area (Å²) < 4.78 is 4.65. The lowest BCUT2D eigenvalue weighted by Crippen LogP contribution is -2.37. The van der Waals surface area contributed by atoms with Gasteiger partial charge in [-0.05, 0) is 5.56 Å². The fourth-order valence-corrected chi connectivity index (χ4v) is 1.03. The normalized spacial score (nSPS) is 9.07. The molecule has 1 aromatic carbocycles. The minimum atomic E-state index is -0.628. The van der Waals surface area contributed by atoms with E-state index in [1.165, 1.54) is 0 Å². The third-order valence-electron chi connectivity index (χ3n) is 1.71. The van der Waals surface area contributed by atoms with Gasteiger partial charge in [0.1, 0.15) is 0 Å². The second-order valence-electron chi connectivity index (χ2n) is 2.87. The van der Waals surface area contributed by atoms with E-state index in [9.17, 15) is 4.79 Å². The van der Waals surface area contributed by atoms with Crippen molar-refractivity contribution in [3.63, 3.8) is 0 Å². The van der Waals surface area contributed by atoms with E-state index in [1.54, 1.807) is 0 Å². The van der Waals surface area contributed by atoms with Gasteiger partial charge >= 0.3 is 6.09 Å². The first-order valence-electron chi connectivity index (χ1n) is 4.40. The molecule has 0 bridgehead atoms. The van der Waals surface area contributed by atoms with Crippen molar-refractivity contribution < 1.29 is 9.53 Å². The average Bonchev–Trinajstić information content (AvgIpc) is 2.27. The van der Waals surface area contributed by atoms with Crippen LogP contribution in [0.3, 0.4) is 0 Å². The molecule has 0 saturated carbocycles. The van der Waals surface area contributed by atoms with Crippen molar-refractivity contribution in [1.29, 1.82) is 0 Å². The summed E-state index contributed by atoms with van der Waals surface area (Å²) in [5.41, 5.74) is 0.928. The number of terminal acetylenes is 1. The highest BCUT2D eigenvalue weighted by atomic mass is 16.6. The topological polar surface area (TPSA) is 55.6 Å². The van der Waals surface area contributed by atoms with Crippen LogP contribution in [0.15, 0.2) is 30.3 Å². The summed E-state index contributed by atoms with van der Waals surface area (Å²) in [5, 5.41) is 0.979. The number of rotatable bonds is 3. The van der Waals surface area contributed by atoms with E-state index in [0.29, 0.717) is 6.54 Å². The third-order valence-corrected chi connectivity index (χ3v) is 1.71. The maximum absolute atomic E-state index is 11.2. The molecule has 0 aliphatic rings. The fraction of sp³-hybridized carbons (Fsp3) is 0.182. The Balaban J connectivity index is 2.46. The van der Waals surface area contributed by atoms with E-state index < -0.39 is 6.09 Å². The predicted molar refractivity (Wildman–Crippen MR) is 56.4 cm³/mol. The Morgan fingerprint density at radius 2 is 2.13 bits per heavy atom. The molecular weight excluding hydrogens is 192 g/mol. The van der Waals surface area contributed by atoms with Crippen LogP contribution in [0.4, 0.5) is 4.79 Å². The maximum atomic E-state index is 11.2. The maximum Gasteiger partial charge on any atom is 0.425 e. The van der Waals surface area contributed by atoms with Crippen LogP contribution in [0, 0.1) is 12.3 Å². The Morgan fingerprint density at radius 3 is 2.73 bits per heavy atom. The first-order valence-corrected chi connectivity index (χ1v) is 4.40. The largest absolute Gasteiger partial charge is 0.435 e. The molecule has 0 radical (unpaired) electrons. The summed E-state index contributed by atoms with van der Waals surface area (Å²) in [6.07, 6.45) is 4.32. The number of hydrazine groups is 1. The molecule has 0 fully saturated rings. The van der Waals surface area contributed by atoms with Crippen molar-refractivity contribution in [1.82, 2.24) is 5.01 Å². The van der Waals surface area contributed by atoms with Crippen LogP contribution >= 0.6 is 0 Å². The van der Waals surface area contributed by atoms with Gasteiger partial charge in [0.05, 0.1) is 6.54 Å². The van der Waals surface area contributed by atoms with Crippen LogP contribution in [0.5, 0.6) is 0 Å². The Kier molecular flexibility index (Phi) is 4.20. The Bertz CT molecular complexity index is 357. The van der Waals surface area contributed by atoms with Gasteiger partial charge in [-0.3, -0.25) is 0 Å². The van der Waals surface area contributed by atoms with Crippen molar-refractivity contribution >= 4 is 6.09 Å². The van der Waals surface area contributed by atoms with Crippen LogP contribution in [-0.2, 0) is 11.3 Å². The average molecular weight is 204 g/mol. The summed E-state index contributed by atoms with van der Waals surface area (Å²) in [5.74, 6) is 7.67. The van der Waals surface area contributed by atoms with Crippen molar-refractivity contribution in [2.24, 2.45) is 5.84 Å². The zero-order valence-corrected chi connectivity index (χ0v) is 8.22. The van der Waals surface area contributed by atoms with Crippen molar-refractivity contribution in [3.8, 4) is 12.3 Å². The zero-order chi connectivity index (χ0) is 11.1. The second kappa shape index (κ2) is 5.68. The molecule has 0 aliphatic carbocycles. The van der Waals surface area contributed by atoms with Gasteiger partial charge in [-0.15, -0.1) is 6.42 Å². The lowest BCUT2D eigenvalue weighted by molar-refractivity contribution is 0.111. The molecule has 4 heteroatoms. The number of nitrogens with two attached hydrogens (primary N) is 1. The molecular formula is C11H12N2O2. The van der Waals surface area contributed by atoms with Gasteiger partial charge in [-0.2, -0.15) is 0 Å². The SMILES string of the molecule is C#CCOC(=O)N(N)Cc1ccccc1. The highest BCUT2D eigenvalue weighted by Crippen LogP contribution is 2.01. The van der Waals surface area contributed by atoms with E-state index in [1.807, 2.05) is 30.3 Å². The summed E-state index contributed by atoms with van der Waals surface area (Å²) >= 11 is 0. The van der Waals surface area contributed by atoms with Crippen molar-refractivity contribution in [3.05, 3.63) is 35.9 Å². The summed E-state index contributed by atoms with van der Waals surface area (Å²) in [4.78, 5) is 11.2. The molecule has 0 unspecified atom stereocenters. The monoisotopic (exact) mass is 204 g/mol. The van der Waals surface area contributed by atoms with Crippen LogP contribution in [0.2, 0.25) is 0 Å². The lowest BCUT2D eigenvalue weighted by Gasteiger charge is -2.15. The van der Waals surface area contributed by atoms with E-state index in [2.05, 4.69) is 10.7 Å². The number of amides is 1. The van der Waals surface area contributed by atoms with Gasteiger partial charge in [0.15, 0.2) is 6.61 Å². The molecule has 4 nitrogen and oxygen atoms in total. The Hall–Kier alpha value is -1.99. The smallest absolute Gasteiger partial charge is 0.425 e. The van der Waals surface area contributed by atoms with Gasteiger partial charge in [-0.25, -0.2) is 15.6 Å². The molecule has 78 valence electrons. The highest BCUT2D eigenvalue weighted by Gasteiger charge is 2.09. The molecule has 0 atom stereocenters. The molecule has 0 saturated heterocycles. The first kappa shape index (κ1) is 11.1. The molecule has 1 aromatic rings. The van der Waals surface area contributed by atoms with Crippen LogP contribution in [-0.4, -0.2) is 17.7 Å². The molecule has 0 heterocycles. The van der Waals surface area contributed by atoms with Gasteiger partial charge < -0.3 is 4.74 Å². The molecule has 1 rings (SSSR count). The molecule has 15 heavy (non-hydrogen) atoms. The fourth-order valence-electron chi connectivity index (χ4n) is 1.03. The molecule has 1 amide bonds.